The van der Waals surface area contributed by atoms with Gasteiger partial charge in [-0.05, 0) is 17.2 Å². The third kappa shape index (κ3) is 2.14. The van der Waals surface area contributed by atoms with Gasteiger partial charge in [0.25, 0.3) is 0 Å². The summed E-state index contributed by atoms with van der Waals surface area (Å²) >= 11 is 0. The van der Waals surface area contributed by atoms with E-state index in [1.807, 2.05) is 12.3 Å². The van der Waals surface area contributed by atoms with E-state index in [1.54, 1.807) is 21.3 Å². The van der Waals surface area contributed by atoms with E-state index in [4.69, 9.17) is 23.7 Å². The first kappa shape index (κ1) is 15.2. The molecule has 2 aliphatic heterocycles. The van der Waals surface area contributed by atoms with Gasteiger partial charge < -0.3 is 23.7 Å². The van der Waals surface area contributed by atoms with Crippen LogP contribution in [0.5, 0.6) is 17.2 Å². The molecule has 0 bridgehead atoms. The van der Waals surface area contributed by atoms with Gasteiger partial charge in [0.15, 0.2) is 11.5 Å². The highest BCUT2D eigenvalue weighted by molar-refractivity contribution is 5.82. The first-order valence-corrected chi connectivity index (χ1v) is 7.75. The highest BCUT2D eigenvalue weighted by atomic mass is 16.5. The Morgan fingerprint density at radius 3 is 2.38 bits per heavy atom. The van der Waals surface area contributed by atoms with Crippen LogP contribution in [0, 0.1) is 0 Å². The summed E-state index contributed by atoms with van der Waals surface area (Å²) in [7, 11) is 4.85. The smallest absolute Gasteiger partial charge is 0.203 e. The fourth-order valence-electron chi connectivity index (χ4n) is 3.44. The van der Waals surface area contributed by atoms with Crippen molar-refractivity contribution in [1.82, 2.24) is 4.98 Å². The zero-order valence-corrected chi connectivity index (χ0v) is 14.0. The molecule has 1 aromatic carbocycles. The normalized spacial score (nSPS) is 15.1. The van der Waals surface area contributed by atoms with Crippen molar-refractivity contribution in [3.63, 3.8) is 0 Å². The second-order valence-electron chi connectivity index (χ2n) is 5.74. The molecule has 2 aromatic rings. The van der Waals surface area contributed by atoms with Gasteiger partial charge in [-0.2, -0.15) is 0 Å². The Bertz CT molecular complexity index is 803. The molecule has 0 unspecified atom stereocenters. The van der Waals surface area contributed by atoms with Crippen molar-refractivity contribution < 1.29 is 23.7 Å². The first-order valence-electron chi connectivity index (χ1n) is 7.75. The fourth-order valence-corrected chi connectivity index (χ4v) is 3.44. The van der Waals surface area contributed by atoms with Crippen LogP contribution in [0.3, 0.4) is 0 Å². The van der Waals surface area contributed by atoms with E-state index < -0.39 is 0 Å². The number of ether oxygens (including phenoxy) is 5. The Kier molecular flexibility index (Phi) is 3.78. The number of fused-ring (bicyclic) bond motifs is 5. The third-order valence-corrected chi connectivity index (χ3v) is 4.56. The van der Waals surface area contributed by atoms with Gasteiger partial charge in [-0.15, -0.1) is 0 Å². The molecule has 0 aliphatic carbocycles. The number of nitrogens with zero attached hydrogens (tertiary/aromatic N) is 1. The van der Waals surface area contributed by atoms with Gasteiger partial charge in [0.1, 0.15) is 0 Å². The molecular weight excluding hydrogens is 310 g/mol. The number of methoxy groups -OCH3 is 3. The molecule has 0 spiro atoms. The van der Waals surface area contributed by atoms with Gasteiger partial charge in [0.2, 0.25) is 5.75 Å². The van der Waals surface area contributed by atoms with E-state index >= 15 is 0 Å². The predicted octanol–water partition coefficient (Wildman–Crippen LogP) is 2.83. The molecule has 126 valence electrons. The minimum absolute atomic E-state index is 0.469. The SMILES string of the molecule is COc1cc2c(c(OC)c1OC)-c1cnc3c(c1COC2)COC3. The van der Waals surface area contributed by atoms with Crippen molar-refractivity contribution >= 4 is 0 Å². The molecule has 1 aromatic heterocycles. The molecule has 4 rings (SSSR count). The van der Waals surface area contributed by atoms with Crippen LogP contribution in [0.25, 0.3) is 11.1 Å². The lowest BCUT2D eigenvalue weighted by Gasteiger charge is -2.19. The molecule has 6 heteroatoms. The highest BCUT2D eigenvalue weighted by Gasteiger charge is 2.29. The molecule has 0 amide bonds. The summed E-state index contributed by atoms with van der Waals surface area (Å²) in [6.07, 6.45) is 1.88. The standard InChI is InChI=1S/C18H19NO5/c1-20-15-4-10-6-23-7-12-11(5-19-14-9-24-8-13(12)14)16(10)18(22-3)17(15)21-2/h4-5H,6-9H2,1-3H3. The summed E-state index contributed by atoms with van der Waals surface area (Å²) in [5, 5.41) is 0. The van der Waals surface area contributed by atoms with Gasteiger partial charge in [0, 0.05) is 22.9 Å². The monoisotopic (exact) mass is 329 g/mol. The maximum Gasteiger partial charge on any atom is 0.203 e. The van der Waals surface area contributed by atoms with Gasteiger partial charge in [0.05, 0.1) is 53.5 Å². The summed E-state index contributed by atoms with van der Waals surface area (Å²) < 4.78 is 28.1. The zero-order chi connectivity index (χ0) is 16.7. The second kappa shape index (κ2) is 5.96. The molecule has 0 N–H and O–H groups in total. The lowest BCUT2D eigenvalue weighted by molar-refractivity contribution is 0.106. The van der Waals surface area contributed by atoms with E-state index in [0.29, 0.717) is 43.7 Å². The Labute approximate surface area is 140 Å². The average Bonchev–Trinajstić information content (AvgIpc) is 3.02. The summed E-state index contributed by atoms with van der Waals surface area (Å²) in [6.45, 7) is 2.11. The van der Waals surface area contributed by atoms with Crippen molar-refractivity contribution in [2.24, 2.45) is 0 Å². The van der Waals surface area contributed by atoms with Crippen LogP contribution in [0.2, 0.25) is 0 Å². The lowest BCUT2D eigenvalue weighted by atomic mass is 9.93. The number of hydrogen-bond donors (Lipinski definition) is 0. The Hall–Kier alpha value is -2.31. The predicted molar refractivity (Wildman–Crippen MR) is 86.3 cm³/mol. The van der Waals surface area contributed by atoms with Crippen molar-refractivity contribution in [1.29, 1.82) is 0 Å². The molecule has 24 heavy (non-hydrogen) atoms. The maximum atomic E-state index is 5.91. The number of benzene rings is 1. The van der Waals surface area contributed by atoms with Crippen molar-refractivity contribution in [3.8, 4) is 28.4 Å². The number of aromatic nitrogens is 1. The fraction of sp³-hybridized carbons (Fsp3) is 0.389. The molecule has 3 heterocycles. The van der Waals surface area contributed by atoms with Crippen LogP contribution in [0.1, 0.15) is 22.4 Å². The van der Waals surface area contributed by atoms with Crippen LogP contribution >= 0.6 is 0 Å². The molecular formula is C18H19NO5. The second-order valence-corrected chi connectivity index (χ2v) is 5.74. The minimum atomic E-state index is 0.469. The van der Waals surface area contributed by atoms with E-state index in [0.717, 1.165) is 33.5 Å². The minimum Gasteiger partial charge on any atom is -0.493 e. The van der Waals surface area contributed by atoms with Crippen LogP contribution in [0.4, 0.5) is 0 Å². The van der Waals surface area contributed by atoms with Crippen LogP contribution < -0.4 is 14.2 Å². The summed E-state index contributed by atoms with van der Waals surface area (Å²) in [5.74, 6) is 1.83. The van der Waals surface area contributed by atoms with E-state index in [1.165, 1.54) is 0 Å². The van der Waals surface area contributed by atoms with Gasteiger partial charge in [-0.1, -0.05) is 0 Å². The summed E-state index contributed by atoms with van der Waals surface area (Å²) in [4.78, 5) is 4.58. The van der Waals surface area contributed by atoms with E-state index in [2.05, 4.69) is 4.98 Å². The van der Waals surface area contributed by atoms with Gasteiger partial charge in [-0.3, -0.25) is 4.98 Å². The number of rotatable bonds is 3. The van der Waals surface area contributed by atoms with E-state index in [9.17, 15) is 0 Å². The largest absolute Gasteiger partial charge is 0.493 e. The average molecular weight is 329 g/mol. The van der Waals surface area contributed by atoms with Gasteiger partial charge >= 0.3 is 0 Å². The Morgan fingerprint density at radius 1 is 0.875 bits per heavy atom. The van der Waals surface area contributed by atoms with Crippen molar-refractivity contribution in [2.75, 3.05) is 21.3 Å². The molecule has 6 nitrogen and oxygen atoms in total. The number of hydrogen-bond acceptors (Lipinski definition) is 6. The van der Waals surface area contributed by atoms with Crippen molar-refractivity contribution in [2.45, 2.75) is 26.4 Å². The maximum absolute atomic E-state index is 5.91. The van der Waals surface area contributed by atoms with Crippen molar-refractivity contribution in [3.05, 3.63) is 34.6 Å². The summed E-state index contributed by atoms with van der Waals surface area (Å²) in [6, 6.07) is 1.94. The lowest BCUT2D eigenvalue weighted by Crippen LogP contribution is -2.02. The van der Waals surface area contributed by atoms with Gasteiger partial charge in [-0.25, -0.2) is 0 Å². The topological polar surface area (TPSA) is 59.0 Å². The quantitative estimate of drug-likeness (QED) is 0.863. The zero-order valence-electron chi connectivity index (χ0n) is 14.0. The highest BCUT2D eigenvalue weighted by Crippen LogP contribution is 2.49. The third-order valence-electron chi connectivity index (χ3n) is 4.56. The molecule has 0 saturated heterocycles. The number of pyridine rings is 1. The molecule has 0 saturated carbocycles. The summed E-state index contributed by atoms with van der Waals surface area (Å²) in [5.41, 5.74) is 6.16. The Morgan fingerprint density at radius 2 is 1.62 bits per heavy atom. The first-order chi connectivity index (χ1) is 11.8. The van der Waals surface area contributed by atoms with Crippen LogP contribution in [-0.2, 0) is 35.9 Å². The Balaban J connectivity index is 2.03. The molecule has 0 fully saturated rings. The molecule has 0 radical (unpaired) electrons. The van der Waals surface area contributed by atoms with E-state index in [-0.39, 0.29) is 0 Å². The molecule has 0 atom stereocenters. The van der Waals surface area contributed by atoms with Crippen LogP contribution in [-0.4, -0.2) is 26.3 Å². The molecule has 2 aliphatic rings. The van der Waals surface area contributed by atoms with Crippen LogP contribution in [0.15, 0.2) is 12.3 Å².